The van der Waals surface area contributed by atoms with Crippen LogP contribution in [0.25, 0.3) is 0 Å². The highest BCUT2D eigenvalue weighted by molar-refractivity contribution is 5.82. The molecule has 6 heteroatoms. The summed E-state index contributed by atoms with van der Waals surface area (Å²) in [6.45, 7) is 1.54. The SMILES string of the molecule is CNC(C)(C(=O)OC)c1ccc(C(F)(F)F)cc1. The van der Waals surface area contributed by atoms with Gasteiger partial charge in [-0.15, -0.1) is 0 Å². The fraction of sp³-hybridized carbons (Fsp3) is 0.417. The predicted octanol–water partition coefficient (Wildman–Crippen LogP) is 2.31. The summed E-state index contributed by atoms with van der Waals surface area (Å²) >= 11 is 0. The van der Waals surface area contributed by atoms with Crippen LogP contribution >= 0.6 is 0 Å². The van der Waals surface area contributed by atoms with Crippen LogP contribution in [-0.4, -0.2) is 20.1 Å². The molecule has 0 aromatic heterocycles. The van der Waals surface area contributed by atoms with Gasteiger partial charge >= 0.3 is 12.1 Å². The average molecular weight is 261 g/mol. The molecule has 0 heterocycles. The predicted molar refractivity (Wildman–Crippen MR) is 59.9 cm³/mol. The molecule has 1 atom stereocenters. The highest BCUT2D eigenvalue weighted by Gasteiger charge is 2.36. The molecule has 3 nitrogen and oxygen atoms in total. The molecule has 1 N–H and O–H groups in total. The van der Waals surface area contributed by atoms with E-state index < -0.39 is 23.2 Å². The number of likely N-dealkylation sites (N-methyl/N-ethyl adjacent to an activating group) is 1. The second-order valence-electron chi connectivity index (χ2n) is 3.94. The number of carbonyl (C=O) groups is 1. The Morgan fingerprint density at radius 3 is 1.94 bits per heavy atom. The molecule has 0 amide bonds. The molecule has 0 bridgehead atoms. The van der Waals surface area contributed by atoms with E-state index >= 15 is 0 Å². The van der Waals surface area contributed by atoms with E-state index in [1.54, 1.807) is 6.92 Å². The lowest BCUT2D eigenvalue weighted by molar-refractivity contribution is -0.148. The molecule has 0 saturated carbocycles. The molecule has 0 aliphatic heterocycles. The molecule has 0 radical (unpaired) electrons. The number of methoxy groups -OCH3 is 1. The third-order valence-electron chi connectivity index (χ3n) is 2.88. The van der Waals surface area contributed by atoms with Crippen LogP contribution in [0.15, 0.2) is 24.3 Å². The van der Waals surface area contributed by atoms with Gasteiger partial charge in [0.1, 0.15) is 5.54 Å². The molecule has 1 aromatic rings. The lowest BCUT2D eigenvalue weighted by Gasteiger charge is -2.26. The van der Waals surface area contributed by atoms with Gasteiger partial charge in [0.2, 0.25) is 0 Å². The van der Waals surface area contributed by atoms with Gasteiger partial charge in [0, 0.05) is 0 Å². The van der Waals surface area contributed by atoms with Crippen LogP contribution in [0.5, 0.6) is 0 Å². The monoisotopic (exact) mass is 261 g/mol. The number of rotatable bonds is 3. The highest BCUT2D eigenvalue weighted by atomic mass is 19.4. The Labute approximate surface area is 103 Å². The van der Waals surface area contributed by atoms with Crippen LogP contribution in [0.4, 0.5) is 13.2 Å². The normalized spacial score (nSPS) is 15.0. The van der Waals surface area contributed by atoms with Gasteiger partial charge in [0.25, 0.3) is 0 Å². The average Bonchev–Trinajstić information content (AvgIpc) is 2.36. The van der Waals surface area contributed by atoms with Crippen molar-refractivity contribution in [1.82, 2.24) is 5.32 Å². The first-order chi connectivity index (χ1) is 8.25. The Morgan fingerprint density at radius 1 is 1.17 bits per heavy atom. The maximum absolute atomic E-state index is 12.4. The summed E-state index contributed by atoms with van der Waals surface area (Å²) in [5.41, 5.74) is -1.52. The van der Waals surface area contributed by atoms with Crippen LogP contribution in [-0.2, 0) is 21.2 Å². The lowest BCUT2D eigenvalue weighted by atomic mass is 9.91. The summed E-state index contributed by atoms with van der Waals surface area (Å²) in [5, 5.41) is 2.75. The highest BCUT2D eigenvalue weighted by Crippen LogP contribution is 2.31. The molecule has 1 aromatic carbocycles. The first-order valence-electron chi connectivity index (χ1n) is 5.20. The van der Waals surface area contributed by atoms with Gasteiger partial charge in [-0.3, -0.25) is 0 Å². The minimum Gasteiger partial charge on any atom is -0.467 e. The van der Waals surface area contributed by atoms with Crippen molar-refractivity contribution in [3.05, 3.63) is 35.4 Å². The van der Waals surface area contributed by atoms with Gasteiger partial charge in [0.15, 0.2) is 0 Å². The van der Waals surface area contributed by atoms with Crippen LogP contribution < -0.4 is 5.32 Å². The van der Waals surface area contributed by atoms with E-state index in [1.165, 1.54) is 26.3 Å². The number of ether oxygens (including phenoxy) is 1. The first kappa shape index (κ1) is 14.5. The van der Waals surface area contributed by atoms with Crippen molar-refractivity contribution >= 4 is 5.97 Å². The Kier molecular flexibility index (Phi) is 4.01. The van der Waals surface area contributed by atoms with Crippen molar-refractivity contribution in [3.63, 3.8) is 0 Å². The Morgan fingerprint density at radius 2 is 1.61 bits per heavy atom. The summed E-state index contributed by atoms with van der Waals surface area (Å²) < 4.78 is 41.9. The zero-order chi connectivity index (χ0) is 14.0. The second-order valence-corrected chi connectivity index (χ2v) is 3.94. The van der Waals surface area contributed by atoms with E-state index in [2.05, 4.69) is 10.1 Å². The molecule has 1 rings (SSSR count). The van der Waals surface area contributed by atoms with Gasteiger partial charge in [-0.25, -0.2) is 4.79 Å². The molecule has 1 unspecified atom stereocenters. The van der Waals surface area contributed by atoms with Crippen LogP contribution in [0.2, 0.25) is 0 Å². The van der Waals surface area contributed by atoms with Gasteiger partial charge < -0.3 is 10.1 Å². The number of benzene rings is 1. The number of esters is 1. The summed E-state index contributed by atoms with van der Waals surface area (Å²) in [6.07, 6.45) is -4.39. The van der Waals surface area contributed by atoms with E-state index in [4.69, 9.17) is 0 Å². The van der Waals surface area contributed by atoms with Crippen molar-refractivity contribution < 1.29 is 22.7 Å². The minimum atomic E-state index is -4.39. The zero-order valence-corrected chi connectivity index (χ0v) is 10.3. The summed E-state index contributed by atoms with van der Waals surface area (Å²) in [5.74, 6) is -0.565. The molecule has 0 aliphatic carbocycles. The number of carbonyl (C=O) groups excluding carboxylic acids is 1. The van der Waals surface area contributed by atoms with Gasteiger partial charge in [-0.05, 0) is 31.7 Å². The third kappa shape index (κ3) is 2.64. The number of alkyl halides is 3. The first-order valence-corrected chi connectivity index (χ1v) is 5.20. The van der Waals surface area contributed by atoms with E-state index in [0.717, 1.165) is 12.1 Å². The smallest absolute Gasteiger partial charge is 0.416 e. The number of nitrogens with one attached hydrogen (secondary N) is 1. The van der Waals surface area contributed by atoms with E-state index in [9.17, 15) is 18.0 Å². The fourth-order valence-electron chi connectivity index (χ4n) is 1.56. The fourth-order valence-corrected chi connectivity index (χ4v) is 1.56. The maximum Gasteiger partial charge on any atom is 0.416 e. The van der Waals surface area contributed by atoms with Crippen molar-refractivity contribution in [2.75, 3.05) is 14.2 Å². The molecule has 0 saturated heterocycles. The van der Waals surface area contributed by atoms with Crippen molar-refractivity contribution in [2.45, 2.75) is 18.6 Å². The summed E-state index contributed by atoms with van der Waals surface area (Å²) in [7, 11) is 2.76. The van der Waals surface area contributed by atoms with E-state index in [0.29, 0.717) is 5.56 Å². The summed E-state index contributed by atoms with van der Waals surface area (Å²) in [6, 6.07) is 4.40. The third-order valence-corrected chi connectivity index (χ3v) is 2.88. The van der Waals surface area contributed by atoms with E-state index in [1.807, 2.05) is 0 Å². The molecule has 18 heavy (non-hydrogen) atoms. The van der Waals surface area contributed by atoms with Crippen LogP contribution in [0.3, 0.4) is 0 Å². The lowest BCUT2D eigenvalue weighted by Crippen LogP contribution is -2.45. The van der Waals surface area contributed by atoms with Gasteiger partial charge in [0.05, 0.1) is 12.7 Å². The minimum absolute atomic E-state index is 0.407. The van der Waals surface area contributed by atoms with Crippen molar-refractivity contribution in [1.29, 1.82) is 0 Å². The zero-order valence-electron chi connectivity index (χ0n) is 10.3. The molecule has 0 fully saturated rings. The molecular weight excluding hydrogens is 247 g/mol. The Balaban J connectivity index is 3.14. The van der Waals surface area contributed by atoms with Gasteiger partial charge in [-0.2, -0.15) is 13.2 Å². The molecule has 100 valence electrons. The Hall–Kier alpha value is -1.56. The molecular formula is C12H14F3NO2. The molecule has 0 spiro atoms. The Bertz CT molecular complexity index is 428. The maximum atomic E-state index is 12.4. The van der Waals surface area contributed by atoms with Crippen LogP contribution in [0, 0.1) is 0 Å². The van der Waals surface area contributed by atoms with E-state index in [-0.39, 0.29) is 0 Å². The number of hydrogen-bond acceptors (Lipinski definition) is 3. The van der Waals surface area contributed by atoms with Crippen molar-refractivity contribution in [2.24, 2.45) is 0 Å². The largest absolute Gasteiger partial charge is 0.467 e. The topological polar surface area (TPSA) is 38.3 Å². The molecule has 0 aliphatic rings. The standard InChI is InChI=1S/C12H14F3NO2/c1-11(16-2,10(17)18-3)8-4-6-9(7-5-8)12(13,14)15/h4-7,16H,1-3H3. The van der Waals surface area contributed by atoms with Gasteiger partial charge in [-0.1, -0.05) is 12.1 Å². The van der Waals surface area contributed by atoms with Crippen molar-refractivity contribution in [3.8, 4) is 0 Å². The number of hydrogen-bond donors (Lipinski definition) is 1. The summed E-state index contributed by atoms with van der Waals surface area (Å²) in [4.78, 5) is 11.6. The quantitative estimate of drug-likeness (QED) is 0.848. The van der Waals surface area contributed by atoms with Crippen LogP contribution in [0.1, 0.15) is 18.1 Å². The second kappa shape index (κ2) is 4.97. The number of halogens is 3.